The fraction of sp³-hybridized carbons (Fsp3) is 0.583. The number of rotatable bonds is 10. The summed E-state index contributed by atoms with van der Waals surface area (Å²) in [6.07, 6.45) is 2.42. The third-order valence-electron chi connectivity index (χ3n) is 6.16. The second-order valence-corrected chi connectivity index (χ2v) is 8.54. The second kappa shape index (κ2) is 12.2. The molecule has 2 aliphatic rings. The summed E-state index contributed by atoms with van der Waals surface area (Å²) in [7, 11) is 0. The molecule has 1 amide bonds. The van der Waals surface area contributed by atoms with Crippen molar-refractivity contribution < 1.29 is 45.8 Å². The molecule has 3 rings (SSSR count). The minimum Gasteiger partial charge on any atom is -0.449 e. The molecule has 6 nitrogen and oxygen atoms in total. The minimum atomic E-state index is -2.34. The average molecular weight is 503 g/mol. The Morgan fingerprint density at radius 2 is 1.54 bits per heavy atom. The fourth-order valence-electron chi connectivity index (χ4n) is 4.16. The highest BCUT2D eigenvalue weighted by Gasteiger charge is 2.49. The molecule has 0 radical (unpaired) electrons. The smallest absolute Gasteiger partial charge is 0.407 e. The van der Waals surface area contributed by atoms with Gasteiger partial charge < -0.3 is 19.5 Å². The van der Waals surface area contributed by atoms with E-state index in [0.29, 0.717) is 24.4 Å². The first-order chi connectivity index (χ1) is 16.7. The van der Waals surface area contributed by atoms with Crippen LogP contribution in [-0.2, 0) is 14.3 Å². The number of halogens is 5. The molecule has 3 unspecified atom stereocenters. The van der Waals surface area contributed by atoms with E-state index in [4.69, 9.17) is 9.47 Å². The molecular formula is C24H26F5NO5. The van der Waals surface area contributed by atoms with Crippen LogP contribution in [0.1, 0.15) is 45.4 Å². The van der Waals surface area contributed by atoms with Crippen molar-refractivity contribution in [3.8, 4) is 17.6 Å². The third kappa shape index (κ3) is 7.07. The Bertz CT molecular complexity index is 961. The third-order valence-corrected chi connectivity index (χ3v) is 6.16. The fourth-order valence-corrected chi connectivity index (χ4v) is 4.16. The Labute approximate surface area is 199 Å². The van der Waals surface area contributed by atoms with Crippen LogP contribution >= 0.6 is 0 Å². The quantitative estimate of drug-likeness (QED) is 0.0958. The summed E-state index contributed by atoms with van der Waals surface area (Å²) in [6, 6.07) is 0. The summed E-state index contributed by atoms with van der Waals surface area (Å²) in [5, 5.41) is 2.56. The van der Waals surface area contributed by atoms with Gasteiger partial charge in [0.15, 0.2) is 0 Å². The number of amides is 1. The van der Waals surface area contributed by atoms with Gasteiger partial charge in [-0.3, -0.25) is 4.79 Å². The Morgan fingerprint density at radius 1 is 0.971 bits per heavy atom. The molecule has 0 heterocycles. The number of carbonyl (C=O) groups excluding carboxylic acids is 2. The first-order valence-electron chi connectivity index (χ1n) is 11.4. The predicted molar refractivity (Wildman–Crippen MR) is 113 cm³/mol. The van der Waals surface area contributed by atoms with Crippen LogP contribution in [-0.4, -0.2) is 37.9 Å². The van der Waals surface area contributed by atoms with Crippen molar-refractivity contribution in [1.82, 2.24) is 5.32 Å². The van der Waals surface area contributed by atoms with E-state index < -0.39 is 59.4 Å². The molecule has 3 atom stereocenters. The number of nitrogens with one attached hydrogen (secondary N) is 1. The van der Waals surface area contributed by atoms with E-state index in [1.165, 1.54) is 0 Å². The summed E-state index contributed by atoms with van der Waals surface area (Å²) in [5.74, 6) is -6.25. The van der Waals surface area contributed by atoms with Crippen LogP contribution in [0.15, 0.2) is 0 Å². The van der Waals surface area contributed by atoms with Crippen LogP contribution in [0.25, 0.3) is 0 Å². The van der Waals surface area contributed by atoms with E-state index in [-0.39, 0.29) is 19.6 Å². The zero-order chi connectivity index (χ0) is 25.5. The SMILES string of the molecule is CC(CCC(=O)Oc1c(F)c(F)c(F)c(F)c1F)OCCNC(=O)OCC1C2CCC#CCCC21. The summed E-state index contributed by atoms with van der Waals surface area (Å²) in [5.41, 5.74) is 0. The topological polar surface area (TPSA) is 73.9 Å². The van der Waals surface area contributed by atoms with Gasteiger partial charge in [-0.15, -0.1) is 11.8 Å². The van der Waals surface area contributed by atoms with Crippen molar-refractivity contribution in [3.63, 3.8) is 0 Å². The van der Waals surface area contributed by atoms with Gasteiger partial charge in [0.2, 0.25) is 34.8 Å². The van der Waals surface area contributed by atoms with Crippen molar-refractivity contribution in [2.24, 2.45) is 17.8 Å². The molecule has 2 aliphatic carbocycles. The van der Waals surface area contributed by atoms with Gasteiger partial charge in [-0.1, -0.05) is 0 Å². The molecule has 1 N–H and O–H groups in total. The molecule has 0 bridgehead atoms. The number of esters is 1. The van der Waals surface area contributed by atoms with E-state index in [9.17, 15) is 31.5 Å². The van der Waals surface area contributed by atoms with Crippen LogP contribution < -0.4 is 10.1 Å². The van der Waals surface area contributed by atoms with E-state index in [0.717, 1.165) is 25.7 Å². The lowest BCUT2D eigenvalue weighted by Gasteiger charge is -2.14. The predicted octanol–water partition coefficient (Wildman–Crippen LogP) is 4.64. The summed E-state index contributed by atoms with van der Waals surface area (Å²) in [4.78, 5) is 23.6. The first kappa shape index (κ1) is 26.7. The number of hydrogen-bond donors (Lipinski definition) is 1. The molecule has 0 spiro atoms. The molecule has 1 aromatic rings. The summed E-state index contributed by atoms with van der Waals surface area (Å²) >= 11 is 0. The van der Waals surface area contributed by atoms with Crippen LogP contribution in [0.5, 0.6) is 5.75 Å². The lowest BCUT2D eigenvalue weighted by molar-refractivity contribution is -0.135. The van der Waals surface area contributed by atoms with E-state index in [1.54, 1.807) is 6.92 Å². The molecule has 192 valence electrons. The van der Waals surface area contributed by atoms with Gasteiger partial charge in [-0.2, -0.15) is 8.78 Å². The van der Waals surface area contributed by atoms with E-state index in [2.05, 4.69) is 21.9 Å². The van der Waals surface area contributed by atoms with Crippen LogP contribution in [0.4, 0.5) is 26.7 Å². The Kier molecular flexibility index (Phi) is 9.32. The van der Waals surface area contributed by atoms with Crippen LogP contribution in [0, 0.1) is 58.7 Å². The molecule has 1 aromatic carbocycles. The molecule has 0 aliphatic heterocycles. The average Bonchev–Trinajstić information content (AvgIpc) is 3.48. The first-order valence-corrected chi connectivity index (χ1v) is 11.4. The molecule has 0 aromatic heterocycles. The zero-order valence-corrected chi connectivity index (χ0v) is 19.1. The van der Waals surface area contributed by atoms with Gasteiger partial charge in [-0.05, 0) is 43.9 Å². The number of ether oxygens (including phenoxy) is 3. The van der Waals surface area contributed by atoms with Crippen molar-refractivity contribution >= 4 is 12.1 Å². The van der Waals surface area contributed by atoms with Crippen molar-refractivity contribution in [2.45, 2.75) is 51.6 Å². The van der Waals surface area contributed by atoms with E-state index >= 15 is 0 Å². The maximum atomic E-state index is 13.6. The Morgan fingerprint density at radius 3 is 2.14 bits per heavy atom. The maximum absolute atomic E-state index is 13.6. The molecule has 11 heteroatoms. The molecule has 0 saturated heterocycles. The monoisotopic (exact) mass is 503 g/mol. The van der Waals surface area contributed by atoms with Crippen molar-refractivity contribution in [1.29, 1.82) is 0 Å². The number of fused-ring (bicyclic) bond motifs is 1. The van der Waals surface area contributed by atoms with Crippen LogP contribution in [0.3, 0.4) is 0 Å². The highest BCUT2D eigenvalue weighted by molar-refractivity contribution is 5.72. The van der Waals surface area contributed by atoms with Gasteiger partial charge in [0.25, 0.3) is 0 Å². The Hall–Kier alpha value is -2.87. The number of benzene rings is 1. The van der Waals surface area contributed by atoms with E-state index in [1.807, 2.05) is 0 Å². The molecular weight excluding hydrogens is 477 g/mol. The van der Waals surface area contributed by atoms with Crippen molar-refractivity contribution in [2.75, 3.05) is 19.8 Å². The summed E-state index contributed by atoms with van der Waals surface area (Å²) < 4.78 is 81.6. The maximum Gasteiger partial charge on any atom is 0.407 e. The highest BCUT2D eigenvalue weighted by atomic mass is 19.2. The molecule has 35 heavy (non-hydrogen) atoms. The van der Waals surface area contributed by atoms with Gasteiger partial charge in [-0.25, -0.2) is 18.0 Å². The Balaban J connectivity index is 1.28. The zero-order valence-electron chi connectivity index (χ0n) is 19.1. The number of alkyl carbamates (subject to hydrolysis) is 1. The standard InChI is InChI=1S/C24H26F5NO5/c1-13(8-9-17(31)35-23-21(28)19(26)18(25)20(27)22(23)29)33-11-10-30-24(32)34-12-16-14-6-4-2-3-5-7-15(14)16/h13-16H,4-12H2,1H3,(H,30,32). The lowest BCUT2D eigenvalue weighted by atomic mass is 10.1. The number of hydrogen-bond acceptors (Lipinski definition) is 5. The van der Waals surface area contributed by atoms with Crippen molar-refractivity contribution in [3.05, 3.63) is 29.1 Å². The number of carbonyl (C=O) groups is 2. The lowest BCUT2D eigenvalue weighted by Crippen LogP contribution is -2.29. The molecule has 1 fully saturated rings. The summed E-state index contributed by atoms with van der Waals surface area (Å²) in [6.45, 7) is 2.23. The van der Waals surface area contributed by atoms with Gasteiger partial charge in [0.1, 0.15) is 0 Å². The minimum absolute atomic E-state index is 0.0485. The normalized spacial score (nSPS) is 21.5. The van der Waals surface area contributed by atoms with Crippen LogP contribution in [0.2, 0.25) is 0 Å². The highest BCUT2D eigenvalue weighted by Crippen LogP contribution is 2.52. The van der Waals surface area contributed by atoms with Gasteiger partial charge in [0.05, 0.1) is 19.3 Å². The van der Waals surface area contributed by atoms with Gasteiger partial charge in [0, 0.05) is 25.8 Å². The molecule has 1 saturated carbocycles. The second-order valence-electron chi connectivity index (χ2n) is 8.54. The van der Waals surface area contributed by atoms with Gasteiger partial charge >= 0.3 is 12.1 Å². The largest absolute Gasteiger partial charge is 0.449 e.